The molecule has 0 aliphatic carbocycles. The van der Waals surface area contributed by atoms with Gasteiger partial charge in [-0.2, -0.15) is 0 Å². The average Bonchev–Trinajstić information content (AvgIpc) is 2.69. The highest BCUT2D eigenvalue weighted by molar-refractivity contribution is 9.10. The van der Waals surface area contributed by atoms with E-state index in [-0.39, 0.29) is 30.4 Å². The first-order valence-corrected chi connectivity index (χ1v) is 10.3. The Hall–Kier alpha value is -2.19. The molecule has 2 aromatic rings. The van der Waals surface area contributed by atoms with Crippen molar-refractivity contribution in [3.05, 3.63) is 52.0 Å². The number of halogens is 3. The minimum Gasteiger partial charge on any atom is -0.490 e. The Balaban J connectivity index is 1.41. The van der Waals surface area contributed by atoms with Crippen LogP contribution >= 0.6 is 15.9 Å². The molecule has 0 saturated carbocycles. The largest absolute Gasteiger partial charge is 0.490 e. The number of rotatable bonds is 4. The van der Waals surface area contributed by atoms with Crippen molar-refractivity contribution in [2.45, 2.75) is 31.3 Å². The quantitative estimate of drug-likeness (QED) is 0.714. The lowest BCUT2D eigenvalue weighted by molar-refractivity contribution is -0.116. The molecular formula is C21H21BrF2N2O3. The molecule has 0 atom stereocenters. The molecule has 2 aromatic carbocycles. The second-order valence-corrected chi connectivity index (χ2v) is 8.46. The smallest absolute Gasteiger partial charge is 0.224 e. The van der Waals surface area contributed by atoms with Gasteiger partial charge in [0.15, 0.2) is 0 Å². The molecule has 29 heavy (non-hydrogen) atoms. The summed E-state index contributed by atoms with van der Waals surface area (Å²) in [7, 11) is 0. The average molecular weight is 467 g/mol. The molecular weight excluding hydrogens is 446 g/mol. The monoisotopic (exact) mass is 466 g/mol. The molecule has 4 rings (SSSR count). The van der Waals surface area contributed by atoms with Crippen LogP contribution < -0.4 is 15.0 Å². The van der Waals surface area contributed by atoms with Crippen molar-refractivity contribution < 1.29 is 23.4 Å². The van der Waals surface area contributed by atoms with Crippen molar-refractivity contribution in [2.24, 2.45) is 0 Å². The fourth-order valence-corrected chi connectivity index (χ4v) is 4.15. The number of nitrogens with one attached hydrogen (secondary N) is 1. The van der Waals surface area contributed by atoms with Gasteiger partial charge < -0.3 is 20.1 Å². The molecule has 1 fully saturated rings. The van der Waals surface area contributed by atoms with Crippen LogP contribution in [0.5, 0.6) is 5.75 Å². The summed E-state index contributed by atoms with van der Waals surface area (Å²) in [6.07, 6.45) is 1.50. The number of piperidine rings is 1. The van der Waals surface area contributed by atoms with Gasteiger partial charge in [-0.05, 0) is 49.6 Å². The molecule has 2 aliphatic rings. The Bertz CT molecular complexity index is 946. The Morgan fingerprint density at radius 1 is 1.14 bits per heavy atom. The number of carbonyl (C=O) groups is 1. The van der Waals surface area contributed by atoms with Crippen molar-refractivity contribution >= 4 is 33.2 Å². The van der Waals surface area contributed by atoms with Gasteiger partial charge in [0.1, 0.15) is 29.6 Å². The predicted molar refractivity (Wildman–Crippen MR) is 109 cm³/mol. The normalized spacial score (nSPS) is 18.2. The maximum absolute atomic E-state index is 14.2. The van der Waals surface area contributed by atoms with E-state index in [1.54, 1.807) is 12.1 Å². The number of fused-ring (bicyclic) bond motifs is 1. The predicted octanol–water partition coefficient (Wildman–Crippen LogP) is 4.02. The van der Waals surface area contributed by atoms with Crippen molar-refractivity contribution in [1.82, 2.24) is 0 Å². The lowest BCUT2D eigenvalue weighted by atomic mass is 9.92. The molecule has 5 nitrogen and oxygen atoms in total. The van der Waals surface area contributed by atoms with Crippen LogP contribution in [0.4, 0.5) is 20.2 Å². The number of nitrogens with zero attached hydrogens (tertiary/aromatic N) is 1. The Kier molecular flexibility index (Phi) is 5.48. The van der Waals surface area contributed by atoms with Crippen LogP contribution in [0, 0.1) is 11.6 Å². The Morgan fingerprint density at radius 3 is 2.62 bits per heavy atom. The van der Waals surface area contributed by atoms with Gasteiger partial charge in [-0.3, -0.25) is 4.79 Å². The van der Waals surface area contributed by atoms with E-state index in [1.807, 2.05) is 4.90 Å². The van der Waals surface area contributed by atoms with Crippen LogP contribution in [0.15, 0.2) is 34.8 Å². The Morgan fingerprint density at radius 2 is 1.90 bits per heavy atom. The zero-order chi connectivity index (χ0) is 20.6. The molecule has 1 saturated heterocycles. The highest BCUT2D eigenvalue weighted by Crippen LogP contribution is 2.35. The summed E-state index contributed by atoms with van der Waals surface area (Å²) in [5.74, 6) is -0.555. The van der Waals surface area contributed by atoms with Gasteiger partial charge in [0.25, 0.3) is 0 Å². The molecule has 0 radical (unpaired) electrons. The topological polar surface area (TPSA) is 61.8 Å². The van der Waals surface area contributed by atoms with Crippen molar-refractivity contribution in [2.75, 3.05) is 29.9 Å². The minimum atomic E-state index is -1.05. The summed E-state index contributed by atoms with van der Waals surface area (Å²) in [4.78, 5) is 13.5. The van der Waals surface area contributed by atoms with E-state index in [1.165, 1.54) is 18.2 Å². The molecule has 2 aliphatic heterocycles. The van der Waals surface area contributed by atoms with Crippen LogP contribution in [0.25, 0.3) is 0 Å². The van der Waals surface area contributed by atoms with E-state index < -0.39 is 11.4 Å². The first-order valence-electron chi connectivity index (χ1n) is 9.51. The highest BCUT2D eigenvalue weighted by atomic mass is 79.9. The number of hydrogen-bond acceptors (Lipinski definition) is 4. The van der Waals surface area contributed by atoms with Crippen LogP contribution in [0.3, 0.4) is 0 Å². The lowest BCUT2D eigenvalue weighted by Crippen LogP contribution is -2.48. The van der Waals surface area contributed by atoms with Gasteiger partial charge in [-0.1, -0.05) is 15.9 Å². The SMILES string of the molecule is O=C1CCc2c(OCC3(O)CCN(c4ccc(Br)cc4F)CC3)ccc(F)c2N1. The van der Waals surface area contributed by atoms with E-state index in [4.69, 9.17) is 4.74 Å². The van der Waals surface area contributed by atoms with E-state index in [0.29, 0.717) is 53.8 Å². The zero-order valence-corrected chi connectivity index (χ0v) is 17.3. The molecule has 0 unspecified atom stereocenters. The molecule has 1 amide bonds. The number of anilines is 2. The van der Waals surface area contributed by atoms with Crippen molar-refractivity contribution in [1.29, 1.82) is 0 Å². The highest BCUT2D eigenvalue weighted by Gasteiger charge is 2.34. The van der Waals surface area contributed by atoms with E-state index in [0.717, 1.165) is 0 Å². The summed E-state index contributed by atoms with van der Waals surface area (Å²) in [6.45, 7) is 1.04. The number of carbonyl (C=O) groups excluding carboxylic acids is 1. The molecule has 0 bridgehead atoms. The van der Waals surface area contributed by atoms with Crippen LogP contribution in [-0.4, -0.2) is 36.3 Å². The first kappa shape index (κ1) is 20.1. The fourth-order valence-electron chi connectivity index (χ4n) is 3.82. The third-order valence-corrected chi connectivity index (χ3v) is 6.02. The van der Waals surface area contributed by atoms with Crippen molar-refractivity contribution in [3.63, 3.8) is 0 Å². The van der Waals surface area contributed by atoms with Gasteiger partial charge in [0.05, 0.1) is 11.4 Å². The second kappa shape index (κ2) is 7.91. The lowest BCUT2D eigenvalue weighted by Gasteiger charge is -2.39. The van der Waals surface area contributed by atoms with E-state index in [2.05, 4.69) is 21.2 Å². The summed E-state index contributed by atoms with van der Waals surface area (Å²) in [5, 5.41) is 13.5. The van der Waals surface area contributed by atoms with E-state index in [9.17, 15) is 18.7 Å². The van der Waals surface area contributed by atoms with Gasteiger partial charge in [0, 0.05) is 29.5 Å². The molecule has 0 spiro atoms. The molecule has 8 heteroatoms. The maximum Gasteiger partial charge on any atom is 0.224 e. The van der Waals surface area contributed by atoms with Gasteiger partial charge in [-0.15, -0.1) is 0 Å². The summed E-state index contributed by atoms with van der Waals surface area (Å²) in [6, 6.07) is 7.72. The van der Waals surface area contributed by atoms with Gasteiger partial charge in [-0.25, -0.2) is 8.78 Å². The second-order valence-electron chi connectivity index (χ2n) is 7.54. The third kappa shape index (κ3) is 4.23. The zero-order valence-electron chi connectivity index (χ0n) is 15.7. The third-order valence-electron chi connectivity index (χ3n) is 5.53. The first-order chi connectivity index (χ1) is 13.8. The number of aliphatic hydroxyl groups is 1. The molecule has 2 heterocycles. The number of ether oxygens (including phenoxy) is 1. The Labute approximate surface area is 175 Å². The van der Waals surface area contributed by atoms with Gasteiger partial charge >= 0.3 is 0 Å². The molecule has 2 N–H and O–H groups in total. The maximum atomic E-state index is 14.2. The number of amides is 1. The summed E-state index contributed by atoms with van der Waals surface area (Å²) < 4.78 is 34.7. The summed E-state index contributed by atoms with van der Waals surface area (Å²) >= 11 is 3.25. The standard InChI is InChI=1S/C21H21BrF2N2O3/c22-13-1-4-17(16(24)11-13)26-9-7-21(28,8-10-26)12-29-18-5-3-15(23)20-14(18)2-6-19(27)25-20/h1,3-5,11,28H,2,6-10,12H2,(H,25,27). The van der Waals surface area contributed by atoms with Gasteiger partial charge in [0.2, 0.25) is 5.91 Å². The van der Waals surface area contributed by atoms with Crippen LogP contribution in [-0.2, 0) is 11.2 Å². The summed E-state index contributed by atoms with van der Waals surface area (Å²) in [5.41, 5.74) is 0.231. The van der Waals surface area contributed by atoms with Crippen LogP contribution in [0.2, 0.25) is 0 Å². The fraction of sp³-hybridized carbons (Fsp3) is 0.381. The number of hydrogen-bond donors (Lipinski definition) is 2. The molecule has 0 aromatic heterocycles. The van der Waals surface area contributed by atoms with Crippen molar-refractivity contribution in [3.8, 4) is 5.75 Å². The minimum absolute atomic E-state index is 0.0513. The molecule has 154 valence electrons. The van der Waals surface area contributed by atoms with E-state index >= 15 is 0 Å². The number of benzene rings is 2. The van der Waals surface area contributed by atoms with Crippen LogP contribution in [0.1, 0.15) is 24.8 Å².